The molecular weight excluding hydrogens is 240 g/mol. The van der Waals surface area contributed by atoms with Crippen LogP contribution in [0, 0.1) is 6.92 Å². The van der Waals surface area contributed by atoms with Gasteiger partial charge in [0.25, 0.3) is 6.01 Å². The van der Waals surface area contributed by atoms with E-state index >= 15 is 0 Å². The number of imidazole rings is 1. The molecule has 0 bridgehead atoms. The summed E-state index contributed by atoms with van der Waals surface area (Å²) in [5, 5.41) is 0.383. The molecule has 0 spiro atoms. The predicted molar refractivity (Wildman–Crippen MR) is 64.5 cm³/mol. The summed E-state index contributed by atoms with van der Waals surface area (Å²) in [5.41, 5.74) is 1.30. The van der Waals surface area contributed by atoms with Gasteiger partial charge in [-0.15, -0.1) is 0 Å². The molecule has 0 fully saturated rings. The van der Waals surface area contributed by atoms with Crippen molar-refractivity contribution < 1.29 is 4.74 Å². The average molecular weight is 253 g/mol. The summed E-state index contributed by atoms with van der Waals surface area (Å²) < 4.78 is 7.57. The quantitative estimate of drug-likeness (QED) is 0.675. The second kappa shape index (κ2) is 3.32. The SMILES string of the molecule is Cc1nc(Cl)c2nc3n(c2n1)C(C)(C)CCO3. The van der Waals surface area contributed by atoms with E-state index in [0.717, 1.165) is 12.1 Å². The Kier molecular flexibility index (Phi) is 2.10. The number of halogens is 1. The van der Waals surface area contributed by atoms with Crippen molar-refractivity contribution in [2.75, 3.05) is 6.61 Å². The number of fused-ring (bicyclic) bond motifs is 3. The number of hydrogen-bond donors (Lipinski definition) is 0. The number of ether oxygens (including phenoxy) is 1. The monoisotopic (exact) mass is 252 g/mol. The second-order valence-electron chi connectivity index (χ2n) is 4.87. The van der Waals surface area contributed by atoms with Crippen LogP contribution >= 0.6 is 11.6 Å². The largest absolute Gasteiger partial charge is 0.465 e. The fourth-order valence-electron chi connectivity index (χ4n) is 2.15. The molecule has 3 rings (SSSR count). The van der Waals surface area contributed by atoms with Crippen molar-refractivity contribution in [2.45, 2.75) is 32.7 Å². The maximum atomic E-state index is 6.09. The van der Waals surface area contributed by atoms with E-state index in [9.17, 15) is 0 Å². The minimum Gasteiger partial charge on any atom is -0.465 e. The van der Waals surface area contributed by atoms with Crippen molar-refractivity contribution in [3.8, 4) is 6.01 Å². The Bertz CT molecular complexity index is 605. The molecule has 0 amide bonds. The molecule has 2 aromatic rings. The van der Waals surface area contributed by atoms with E-state index in [2.05, 4.69) is 28.8 Å². The second-order valence-corrected chi connectivity index (χ2v) is 5.23. The van der Waals surface area contributed by atoms with Crippen LogP contribution in [0.2, 0.25) is 5.15 Å². The topological polar surface area (TPSA) is 52.8 Å². The summed E-state index contributed by atoms with van der Waals surface area (Å²) in [5.74, 6) is 0.645. The molecule has 6 heteroatoms. The fraction of sp³-hybridized carbons (Fsp3) is 0.545. The van der Waals surface area contributed by atoms with Gasteiger partial charge in [0.2, 0.25) is 0 Å². The Morgan fingerprint density at radius 1 is 1.29 bits per heavy atom. The molecule has 0 atom stereocenters. The lowest BCUT2D eigenvalue weighted by molar-refractivity contribution is 0.151. The normalized spacial score (nSPS) is 17.9. The van der Waals surface area contributed by atoms with E-state index < -0.39 is 0 Å². The van der Waals surface area contributed by atoms with Crippen LogP contribution < -0.4 is 4.74 Å². The van der Waals surface area contributed by atoms with Crippen molar-refractivity contribution in [1.29, 1.82) is 0 Å². The number of nitrogens with zero attached hydrogens (tertiary/aromatic N) is 4. The van der Waals surface area contributed by atoms with Crippen molar-refractivity contribution >= 4 is 22.8 Å². The summed E-state index contributed by atoms with van der Waals surface area (Å²) >= 11 is 6.09. The van der Waals surface area contributed by atoms with Crippen LogP contribution in [-0.4, -0.2) is 26.1 Å². The third-order valence-electron chi connectivity index (χ3n) is 3.10. The Morgan fingerprint density at radius 2 is 2.06 bits per heavy atom. The molecule has 0 unspecified atom stereocenters. The smallest absolute Gasteiger partial charge is 0.299 e. The van der Waals surface area contributed by atoms with Gasteiger partial charge in [-0.2, -0.15) is 4.98 Å². The molecule has 90 valence electrons. The van der Waals surface area contributed by atoms with Crippen LogP contribution in [0.4, 0.5) is 0 Å². The van der Waals surface area contributed by atoms with E-state index in [4.69, 9.17) is 16.3 Å². The predicted octanol–water partition coefficient (Wildman–Crippen LogP) is 2.31. The van der Waals surface area contributed by atoms with Crippen molar-refractivity contribution in [2.24, 2.45) is 0 Å². The van der Waals surface area contributed by atoms with Gasteiger partial charge in [-0.1, -0.05) is 11.6 Å². The van der Waals surface area contributed by atoms with E-state index in [1.54, 1.807) is 0 Å². The molecule has 17 heavy (non-hydrogen) atoms. The molecule has 0 saturated carbocycles. The molecule has 0 aromatic carbocycles. The lowest BCUT2D eigenvalue weighted by Gasteiger charge is -2.32. The molecule has 2 aromatic heterocycles. The van der Waals surface area contributed by atoms with Gasteiger partial charge < -0.3 is 4.74 Å². The van der Waals surface area contributed by atoms with Crippen LogP contribution in [0.3, 0.4) is 0 Å². The maximum Gasteiger partial charge on any atom is 0.299 e. The number of hydrogen-bond acceptors (Lipinski definition) is 4. The highest BCUT2D eigenvalue weighted by molar-refractivity contribution is 6.33. The van der Waals surface area contributed by atoms with Gasteiger partial charge in [0.1, 0.15) is 11.3 Å². The lowest BCUT2D eigenvalue weighted by Crippen LogP contribution is -2.33. The van der Waals surface area contributed by atoms with Crippen molar-refractivity contribution in [3.05, 3.63) is 11.0 Å². The first-order valence-electron chi connectivity index (χ1n) is 5.55. The van der Waals surface area contributed by atoms with Gasteiger partial charge in [-0.25, -0.2) is 9.97 Å². The molecule has 5 nitrogen and oxygen atoms in total. The van der Waals surface area contributed by atoms with Crippen molar-refractivity contribution in [1.82, 2.24) is 19.5 Å². The molecule has 0 N–H and O–H groups in total. The summed E-state index contributed by atoms with van der Waals surface area (Å²) in [6, 6.07) is 0.582. The molecule has 1 aliphatic rings. The number of rotatable bonds is 0. The average Bonchev–Trinajstić information content (AvgIpc) is 2.57. The first-order valence-corrected chi connectivity index (χ1v) is 5.93. The van der Waals surface area contributed by atoms with Crippen LogP contribution in [0.5, 0.6) is 6.01 Å². The zero-order valence-corrected chi connectivity index (χ0v) is 10.7. The summed E-state index contributed by atoms with van der Waals surface area (Å²) in [7, 11) is 0. The number of aromatic nitrogens is 4. The summed E-state index contributed by atoms with van der Waals surface area (Å²) in [6.07, 6.45) is 0.923. The standard InChI is InChI=1S/C11H13ClN4O/c1-6-13-8(12)7-9(14-6)16-10(15-7)17-5-4-11(16,2)3/h4-5H2,1-3H3. The van der Waals surface area contributed by atoms with Gasteiger partial charge >= 0.3 is 0 Å². The van der Waals surface area contributed by atoms with Crippen molar-refractivity contribution in [3.63, 3.8) is 0 Å². The van der Waals surface area contributed by atoms with E-state index in [1.165, 1.54) is 0 Å². The summed E-state index contributed by atoms with van der Waals surface area (Å²) in [4.78, 5) is 12.9. The van der Waals surface area contributed by atoms with Crippen LogP contribution in [0.15, 0.2) is 0 Å². The molecule has 1 aliphatic heterocycles. The van der Waals surface area contributed by atoms with Crippen LogP contribution in [0.1, 0.15) is 26.1 Å². The summed E-state index contributed by atoms with van der Waals surface area (Å²) in [6.45, 7) is 6.78. The van der Waals surface area contributed by atoms with Crippen LogP contribution in [-0.2, 0) is 5.54 Å². The zero-order chi connectivity index (χ0) is 12.2. The van der Waals surface area contributed by atoms with E-state index in [0.29, 0.717) is 29.1 Å². The first kappa shape index (κ1) is 10.8. The van der Waals surface area contributed by atoms with E-state index in [-0.39, 0.29) is 5.54 Å². The molecular formula is C11H13ClN4O. The van der Waals surface area contributed by atoms with E-state index in [1.807, 2.05) is 11.5 Å². The third-order valence-corrected chi connectivity index (χ3v) is 3.36. The third kappa shape index (κ3) is 1.49. The molecule has 0 radical (unpaired) electrons. The van der Waals surface area contributed by atoms with Crippen LogP contribution in [0.25, 0.3) is 11.2 Å². The highest BCUT2D eigenvalue weighted by atomic mass is 35.5. The highest BCUT2D eigenvalue weighted by Crippen LogP contribution is 2.35. The maximum absolute atomic E-state index is 6.09. The Labute approximate surface area is 104 Å². The lowest BCUT2D eigenvalue weighted by atomic mass is 10.0. The molecule has 0 aliphatic carbocycles. The zero-order valence-electron chi connectivity index (χ0n) is 9.99. The van der Waals surface area contributed by atoms with Gasteiger partial charge in [-0.05, 0) is 20.8 Å². The van der Waals surface area contributed by atoms with Gasteiger partial charge in [-0.3, -0.25) is 4.57 Å². The molecule has 0 saturated heterocycles. The minimum absolute atomic E-state index is 0.0630. The first-order chi connectivity index (χ1) is 7.99. The Morgan fingerprint density at radius 3 is 2.82 bits per heavy atom. The number of aryl methyl sites for hydroxylation is 1. The minimum atomic E-state index is -0.0630. The fourth-order valence-corrected chi connectivity index (χ4v) is 2.40. The Hall–Kier alpha value is -1.36. The van der Waals surface area contributed by atoms with Gasteiger partial charge in [0, 0.05) is 12.0 Å². The molecule has 3 heterocycles. The highest BCUT2D eigenvalue weighted by Gasteiger charge is 2.32. The Balaban J connectivity index is 2.41. The van der Waals surface area contributed by atoms with Gasteiger partial charge in [0.15, 0.2) is 10.8 Å². The van der Waals surface area contributed by atoms with Gasteiger partial charge in [0.05, 0.1) is 6.61 Å².